The Kier molecular flexibility index (Phi) is 4.66. The Bertz CT molecular complexity index is 755. The fraction of sp³-hybridized carbons (Fsp3) is 0.250. The summed E-state index contributed by atoms with van der Waals surface area (Å²) in [6.45, 7) is 2.54. The van der Waals surface area contributed by atoms with Gasteiger partial charge in [0.2, 0.25) is 10.0 Å². The number of nitrogens with one attached hydrogen (secondary N) is 1. The molecule has 0 saturated heterocycles. The van der Waals surface area contributed by atoms with Crippen LogP contribution < -0.4 is 10.5 Å². The van der Waals surface area contributed by atoms with E-state index in [1.165, 1.54) is 18.3 Å². The molecule has 0 atom stereocenters. The molecule has 0 radical (unpaired) electrons. The number of pyridine rings is 1. The van der Waals surface area contributed by atoms with Crippen LogP contribution in [0.3, 0.4) is 0 Å². The minimum absolute atomic E-state index is 0.0193. The third kappa shape index (κ3) is 3.84. The second-order valence-corrected chi connectivity index (χ2v) is 6.57. The molecule has 2 rings (SSSR count). The molecule has 0 aliphatic carbocycles. The zero-order valence-corrected chi connectivity index (χ0v) is 13.0. The van der Waals surface area contributed by atoms with Gasteiger partial charge in [-0.05, 0) is 24.6 Å². The number of sulfonamides is 1. The Hall–Kier alpha value is -1.84. The van der Waals surface area contributed by atoms with Gasteiger partial charge >= 0.3 is 0 Å². The van der Waals surface area contributed by atoms with Crippen molar-refractivity contribution < 1.29 is 8.42 Å². The van der Waals surface area contributed by atoms with Gasteiger partial charge in [0.1, 0.15) is 15.6 Å². The molecule has 0 amide bonds. The van der Waals surface area contributed by atoms with Gasteiger partial charge in [-0.25, -0.2) is 13.1 Å². The molecular weight excluding hydrogens is 310 g/mol. The van der Waals surface area contributed by atoms with Gasteiger partial charge in [-0.1, -0.05) is 12.2 Å². The lowest BCUT2D eigenvalue weighted by molar-refractivity contribution is 0.560. The molecule has 2 aromatic rings. The highest BCUT2D eigenvalue weighted by molar-refractivity contribution is 7.89. The molecule has 3 N–H and O–H groups in total. The molecule has 112 valence electrons. The maximum atomic E-state index is 12.3. The number of aryl methyl sites for hydroxylation is 1. The first-order chi connectivity index (χ1) is 9.90. The van der Waals surface area contributed by atoms with Gasteiger partial charge in [-0.3, -0.25) is 9.67 Å². The minimum atomic E-state index is -3.72. The van der Waals surface area contributed by atoms with Gasteiger partial charge in [0.25, 0.3) is 0 Å². The minimum Gasteiger partial charge on any atom is -0.388 e. The van der Waals surface area contributed by atoms with Crippen LogP contribution in [0.2, 0.25) is 0 Å². The van der Waals surface area contributed by atoms with Gasteiger partial charge in [0.15, 0.2) is 0 Å². The zero-order chi connectivity index (χ0) is 15.5. The fourth-order valence-corrected chi connectivity index (χ4v) is 3.17. The van der Waals surface area contributed by atoms with Crippen molar-refractivity contribution in [2.45, 2.75) is 18.4 Å². The Balaban J connectivity index is 2.10. The number of nitrogens with two attached hydrogens (primary N) is 1. The van der Waals surface area contributed by atoms with Crippen LogP contribution in [0.5, 0.6) is 0 Å². The monoisotopic (exact) mass is 325 g/mol. The van der Waals surface area contributed by atoms with E-state index in [2.05, 4.69) is 14.8 Å². The summed E-state index contributed by atoms with van der Waals surface area (Å²) in [5.41, 5.74) is 6.60. The van der Waals surface area contributed by atoms with Gasteiger partial charge in [-0.15, -0.1) is 0 Å². The quantitative estimate of drug-likeness (QED) is 0.736. The van der Waals surface area contributed by atoms with E-state index >= 15 is 0 Å². The molecule has 7 nitrogen and oxygen atoms in total. The van der Waals surface area contributed by atoms with Gasteiger partial charge in [0, 0.05) is 18.9 Å². The summed E-state index contributed by atoms with van der Waals surface area (Å²) in [4.78, 5) is 3.84. The zero-order valence-electron chi connectivity index (χ0n) is 11.4. The molecule has 0 unspecified atom stereocenters. The number of thiocarbonyl (C=S) groups is 1. The van der Waals surface area contributed by atoms with Crippen LogP contribution in [0.25, 0.3) is 0 Å². The highest BCUT2D eigenvalue weighted by Crippen LogP contribution is 2.12. The van der Waals surface area contributed by atoms with Crippen molar-refractivity contribution >= 4 is 27.2 Å². The molecule has 0 spiro atoms. The predicted molar refractivity (Wildman–Crippen MR) is 82.3 cm³/mol. The molecule has 0 aliphatic rings. The molecule has 0 saturated carbocycles. The van der Waals surface area contributed by atoms with E-state index in [4.69, 9.17) is 18.0 Å². The molecule has 0 aliphatic heterocycles. The van der Waals surface area contributed by atoms with E-state index in [9.17, 15) is 8.42 Å². The third-order valence-corrected chi connectivity index (χ3v) is 4.37. The highest BCUT2D eigenvalue weighted by atomic mass is 32.2. The summed E-state index contributed by atoms with van der Waals surface area (Å²) in [5.74, 6) is 0. The van der Waals surface area contributed by atoms with E-state index in [-0.39, 0.29) is 22.1 Å². The fourth-order valence-electron chi connectivity index (χ4n) is 1.75. The second-order valence-electron chi connectivity index (χ2n) is 4.39. The average molecular weight is 325 g/mol. The summed E-state index contributed by atoms with van der Waals surface area (Å²) < 4.78 is 28.7. The molecule has 2 heterocycles. The van der Waals surface area contributed by atoms with Crippen molar-refractivity contribution in [3.8, 4) is 0 Å². The molecule has 9 heteroatoms. The number of aromatic nitrogens is 3. The van der Waals surface area contributed by atoms with Gasteiger partial charge in [-0.2, -0.15) is 5.10 Å². The Morgan fingerprint density at radius 3 is 2.90 bits per heavy atom. The lowest BCUT2D eigenvalue weighted by atomic mass is 10.3. The van der Waals surface area contributed by atoms with E-state index < -0.39 is 10.0 Å². The lowest BCUT2D eigenvalue weighted by Crippen LogP contribution is -2.30. The van der Waals surface area contributed by atoms with Gasteiger partial charge < -0.3 is 5.73 Å². The largest absolute Gasteiger partial charge is 0.388 e. The molecule has 2 aromatic heterocycles. The number of hydrogen-bond donors (Lipinski definition) is 2. The van der Waals surface area contributed by atoms with Crippen molar-refractivity contribution in [3.05, 3.63) is 42.0 Å². The van der Waals surface area contributed by atoms with Crippen molar-refractivity contribution in [2.24, 2.45) is 5.73 Å². The van der Waals surface area contributed by atoms with Crippen LogP contribution >= 0.6 is 12.2 Å². The maximum Gasteiger partial charge on any atom is 0.242 e. The first-order valence-corrected chi connectivity index (χ1v) is 8.03. The Labute approximate surface area is 128 Å². The number of hydrogen-bond acceptors (Lipinski definition) is 5. The van der Waals surface area contributed by atoms with Crippen LogP contribution in [-0.4, -0.2) is 34.7 Å². The number of nitrogens with zero attached hydrogens (tertiary/aromatic N) is 3. The Morgan fingerprint density at radius 2 is 2.29 bits per heavy atom. The lowest BCUT2D eigenvalue weighted by Gasteiger charge is -2.09. The SMILES string of the molecule is Cc1cnn(CCNS(=O)(=O)c2cccnc2C(N)=S)c1. The summed E-state index contributed by atoms with van der Waals surface area (Å²) in [5, 5.41) is 4.08. The molecule has 0 fully saturated rings. The van der Waals surface area contributed by atoms with Crippen molar-refractivity contribution in [2.75, 3.05) is 6.54 Å². The van der Waals surface area contributed by atoms with Crippen LogP contribution in [-0.2, 0) is 16.6 Å². The topological polar surface area (TPSA) is 103 Å². The average Bonchev–Trinajstić information content (AvgIpc) is 2.84. The predicted octanol–water partition coefficient (Wildman–Crippen LogP) is 0.199. The summed E-state index contributed by atoms with van der Waals surface area (Å²) >= 11 is 4.82. The first kappa shape index (κ1) is 15.5. The van der Waals surface area contributed by atoms with Crippen molar-refractivity contribution in [3.63, 3.8) is 0 Å². The highest BCUT2D eigenvalue weighted by Gasteiger charge is 2.20. The van der Waals surface area contributed by atoms with E-state index in [0.29, 0.717) is 6.54 Å². The first-order valence-electron chi connectivity index (χ1n) is 6.14. The third-order valence-electron chi connectivity index (χ3n) is 2.69. The summed E-state index contributed by atoms with van der Waals surface area (Å²) in [6, 6.07) is 2.94. The molecule has 0 aromatic carbocycles. The van der Waals surface area contributed by atoms with Gasteiger partial charge in [0.05, 0.1) is 12.7 Å². The summed E-state index contributed by atoms with van der Waals surface area (Å²) in [6.07, 6.45) is 4.99. The van der Waals surface area contributed by atoms with E-state index in [1.54, 1.807) is 10.9 Å². The second kappa shape index (κ2) is 6.29. The maximum absolute atomic E-state index is 12.3. The molecular formula is C12H15N5O2S2. The summed E-state index contributed by atoms with van der Waals surface area (Å²) in [7, 11) is -3.72. The van der Waals surface area contributed by atoms with Crippen molar-refractivity contribution in [1.82, 2.24) is 19.5 Å². The number of rotatable bonds is 6. The Morgan fingerprint density at radius 1 is 1.52 bits per heavy atom. The van der Waals surface area contributed by atoms with E-state index in [1.807, 2.05) is 13.1 Å². The van der Waals surface area contributed by atoms with E-state index in [0.717, 1.165) is 5.56 Å². The van der Waals surface area contributed by atoms with Crippen LogP contribution in [0.4, 0.5) is 0 Å². The van der Waals surface area contributed by atoms with Crippen LogP contribution in [0, 0.1) is 6.92 Å². The molecule has 0 bridgehead atoms. The van der Waals surface area contributed by atoms with Crippen LogP contribution in [0.15, 0.2) is 35.6 Å². The van der Waals surface area contributed by atoms with Crippen LogP contribution in [0.1, 0.15) is 11.3 Å². The van der Waals surface area contributed by atoms with Crippen molar-refractivity contribution in [1.29, 1.82) is 0 Å². The standard InChI is InChI=1S/C12H15N5O2S2/c1-9-7-15-17(8-9)6-5-16-21(18,19)10-3-2-4-14-11(10)12(13)20/h2-4,7-8,16H,5-6H2,1H3,(H2,13,20). The smallest absolute Gasteiger partial charge is 0.242 e. The molecule has 21 heavy (non-hydrogen) atoms. The normalized spacial score (nSPS) is 11.5.